The lowest BCUT2D eigenvalue weighted by Gasteiger charge is -1.93. The van der Waals surface area contributed by atoms with E-state index in [0.29, 0.717) is 0 Å². The Morgan fingerprint density at radius 2 is 2.67 bits per heavy atom. The molecule has 0 bridgehead atoms. The Bertz CT molecular complexity index is 197. The lowest BCUT2D eigenvalue weighted by atomic mass is 10.2. The van der Waals surface area contributed by atoms with Gasteiger partial charge in [0, 0.05) is 24.0 Å². The van der Waals surface area contributed by atoms with Crippen LogP contribution < -0.4 is 5.32 Å². The zero-order valence-corrected chi connectivity index (χ0v) is 5.02. The van der Waals surface area contributed by atoms with Crippen molar-refractivity contribution in [3.05, 3.63) is 24.0 Å². The van der Waals surface area contributed by atoms with Crippen molar-refractivity contribution in [1.29, 1.82) is 0 Å². The minimum absolute atomic E-state index is 1.04. The number of fused-ring (bicyclic) bond motifs is 1. The molecule has 2 nitrogen and oxygen atoms in total. The van der Waals surface area contributed by atoms with Gasteiger partial charge in [0.05, 0.1) is 6.20 Å². The second kappa shape index (κ2) is 1.72. The van der Waals surface area contributed by atoms with Gasteiger partial charge in [-0.25, -0.2) is 0 Å². The summed E-state index contributed by atoms with van der Waals surface area (Å²) < 4.78 is 0. The van der Waals surface area contributed by atoms with Crippen molar-refractivity contribution in [1.82, 2.24) is 4.98 Å². The summed E-state index contributed by atoms with van der Waals surface area (Å²) in [6.45, 7) is 1.04. The van der Waals surface area contributed by atoms with Crippen LogP contribution in [0.15, 0.2) is 12.3 Å². The van der Waals surface area contributed by atoms with Gasteiger partial charge in [0.25, 0.3) is 0 Å². The molecule has 0 spiro atoms. The molecule has 1 aromatic heterocycles. The molecule has 0 unspecified atom stereocenters. The Balaban J connectivity index is 2.54. The summed E-state index contributed by atoms with van der Waals surface area (Å²) in [7, 11) is 0. The number of rotatable bonds is 0. The maximum Gasteiger partial charge on any atom is 0.0942 e. The van der Waals surface area contributed by atoms with Crippen molar-refractivity contribution in [3.8, 4) is 0 Å². The van der Waals surface area contributed by atoms with E-state index in [4.69, 9.17) is 0 Å². The minimum atomic E-state index is 1.04. The van der Waals surface area contributed by atoms with E-state index >= 15 is 0 Å². The van der Waals surface area contributed by atoms with Gasteiger partial charge in [-0.15, -0.1) is 0 Å². The van der Waals surface area contributed by atoms with E-state index in [0.717, 1.165) is 13.0 Å². The molecule has 45 valence electrons. The van der Waals surface area contributed by atoms with E-state index in [1.165, 1.54) is 11.3 Å². The average molecular weight is 119 g/mol. The van der Waals surface area contributed by atoms with Crippen LogP contribution in [0.3, 0.4) is 0 Å². The molecular formula is C7H7N2. The largest absolute Gasteiger partial charge is 0.384 e. The monoisotopic (exact) mass is 119 g/mol. The Morgan fingerprint density at radius 3 is 3.56 bits per heavy atom. The standard InChI is InChI=1S/C7H7N2/c1-4-9-7-2-3-8-5-6(1)7/h2-3,9H,1,4H2. The van der Waals surface area contributed by atoms with Gasteiger partial charge in [-0.05, 0) is 12.5 Å². The van der Waals surface area contributed by atoms with E-state index in [-0.39, 0.29) is 0 Å². The van der Waals surface area contributed by atoms with Crippen molar-refractivity contribution in [2.24, 2.45) is 0 Å². The summed E-state index contributed by atoms with van der Waals surface area (Å²) in [6.07, 6.45) is 5.77. The van der Waals surface area contributed by atoms with Crippen molar-refractivity contribution < 1.29 is 0 Å². The molecule has 2 heteroatoms. The third kappa shape index (κ3) is 0.669. The predicted octanol–water partition coefficient (Wildman–Crippen LogP) is 0.850. The van der Waals surface area contributed by atoms with Gasteiger partial charge in [-0.2, -0.15) is 0 Å². The summed E-state index contributed by atoms with van der Waals surface area (Å²) in [5.41, 5.74) is 2.42. The Hall–Kier alpha value is -1.05. The molecule has 1 aliphatic heterocycles. The van der Waals surface area contributed by atoms with Crippen LogP contribution in [-0.4, -0.2) is 11.5 Å². The van der Waals surface area contributed by atoms with Gasteiger partial charge >= 0.3 is 0 Å². The topological polar surface area (TPSA) is 24.9 Å². The van der Waals surface area contributed by atoms with Crippen molar-refractivity contribution in [2.45, 2.75) is 6.42 Å². The van der Waals surface area contributed by atoms with E-state index in [1.807, 2.05) is 6.07 Å². The summed E-state index contributed by atoms with van der Waals surface area (Å²) >= 11 is 0. The molecule has 2 heterocycles. The SMILES string of the molecule is [c]1nccc2c1CCN2. The molecule has 0 atom stereocenters. The van der Waals surface area contributed by atoms with Crippen molar-refractivity contribution >= 4 is 5.69 Å². The number of nitrogens with one attached hydrogen (secondary N) is 1. The Kier molecular flexibility index (Phi) is 0.918. The van der Waals surface area contributed by atoms with Gasteiger partial charge in [0.15, 0.2) is 0 Å². The first-order valence-electron chi connectivity index (χ1n) is 3.06. The molecule has 0 amide bonds. The number of aromatic nitrogens is 1. The first-order valence-corrected chi connectivity index (χ1v) is 3.06. The highest BCUT2D eigenvalue weighted by molar-refractivity contribution is 5.52. The molecule has 0 aromatic carbocycles. The maximum absolute atomic E-state index is 3.89. The van der Waals surface area contributed by atoms with E-state index in [2.05, 4.69) is 16.5 Å². The van der Waals surface area contributed by atoms with Crippen LogP contribution >= 0.6 is 0 Å². The summed E-state index contributed by atoms with van der Waals surface area (Å²) in [5, 5.41) is 3.23. The van der Waals surface area contributed by atoms with Crippen LogP contribution in [0.2, 0.25) is 0 Å². The minimum Gasteiger partial charge on any atom is -0.384 e. The molecular weight excluding hydrogens is 112 g/mol. The van der Waals surface area contributed by atoms with E-state index in [9.17, 15) is 0 Å². The lowest BCUT2D eigenvalue weighted by molar-refractivity contribution is 1.09. The van der Waals surface area contributed by atoms with Crippen LogP contribution in [0.5, 0.6) is 0 Å². The molecule has 0 saturated heterocycles. The number of hydrogen-bond acceptors (Lipinski definition) is 2. The average Bonchev–Trinajstić information content (AvgIpc) is 2.33. The van der Waals surface area contributed by atoms with Crippen LogP contribution in [0, 0.1) is 6.20 Å². The quantitative estimate of drug-likeness (QED) is 0.547. The molecule has 1 aromatic rings. The van der Waals surface area contributed by atoms with E-state index in [1.54, 1.807) is 6.20 Å². The van der Waals surface area contributed by atoms with Gasteiger partial charge in [-0.1, -0.05) is 0 Å². The normalized spacial score (nSPS) is 14.7. The molecule has 0 saturated carbocycles. The van der Waals surface area contributed by atoms with Gasteiger partial charge in [0.1, 0.15) is 0 Å². The summed E-state index contributed by atoms with van der Waals surface area (Å²) in [5.74, 6) is 0. The highest BCUT2D eigenvalue weighted by Crippen LogP contribution is 2.18. The van der Waals surface area contributed by atoms with Gasteiger partial charge in [-0.3, -0.25) is 4.98 Å². The lowest BCUT2D eigenvalue weighted by Crippen LogP contribution is -1.90. The molecule has 0 aliphatic carbocycles. The zero-order valence-electron chi connectivity index (χ0n) is 5.02. The number of anilines is 1. The van der Waals surface area contributed by atoms with Crippen LogP contribution in [-0.2, 0) is 6.42 Å². The smallest absolute Gasteiger partial charge is 0.0942 e. The fourth-order valence-corrected chi connectivity index (χ4v) is 1.07. The third-order valence-corrected chi connectivity index (χ3v) is 1.53. The summed E-state index contributed by atoms with van der Waals surface area (Å²) in [4.78, 5) is 3.89. The highest BCUT2D eigenvalue weighted by atomic mass is 14.9. The first kappa shape index (κ1) is 4.79. The van der Waals surface area contributed by atoms with Crippen LogP contribution in [0.1, 0.15) is 5.56 Å². The highest BCUT2D eigenvalue weighted by Gasteiger charge is 2.07. The third-order valence-electron chi connectivity index (χ3n) is 1.53. The predicted molar refractivity (Wildman–Crippen MR) is 35.3 cm³/mol. The first-order chi connectivity index (χ1) is 4.47. The fraction of sp³-hybridized carbons (Fsp3) is 0.286. The molecule has 0 fully saturated rings. The fourth-order valence-electron chi connectivity index (χ4n) is 1.07. The van der Waals surface area contributed by atoms with Crippen molar-refractivity contribution in [2.75, 3.05) is 11.9 Å². The van der Waals surface area contributed by atoms with Crippen LogP contribution in [0.4, 0.5) is 5.69 Å². The molecule has 2 rings (SSSR count). The second-order valence-electron chi connectivity index (χ2n) is 2.13. The molecule has 1 aliphatic rings. The van der Waals surface area contributed by atoms with Crippen molar-refractivity contribution in [3.63, 3.8) is 0 Å². The summed E-state index contributed by atoms with van der Waals surface area (Å²) in [6, 6.07) is 1.98. The number of pyridine rings is 1. The number of hydrogen-bond donors (Lipinski definition) is 1. The number of nitrogens with zero attached hydrogens (tertiary/aromatic N) is 1. The zero-order chi connectivity index (χ0) is 6.10. The molecule has 1 N–H and O–H groups in total. The Labute approximate surface area is 53.9 Å². The van der Waals surface area contributed by atoms with Gasteiger partial charge in [0.2, 0.25) is 0 Å². The van der Waals surface area contributed by atoms with E-state index < -0.39 is 0 Å². The molecule has 1 radical (unpaired) electrons. The molecule has 9 heavy (non-hydrogen) atoms. The Morgan fingerprint density at radius 1 is 1.67 bits per heavy atom. The maximum atomic E-state index is 3.89. The van der Waals surface area contributed by atoms with Crippen LogP contribution in [0.25, 0.3) is 0 Å². The van der Waals surface area contributed by atoms with Gasteiger partial charge < -0.3 is 5.32 Å². The second-order valence-corrected chi connectivity index (χ2v) is 2.13.